The quantitative estimate of drug-likeness (QED) is 0.503. The van der Waals surface area contributed by atoms with Gasteiger partial charge in [-0.25, -0.2) is 0 Å². The second-order valence-corrected chi connectivity index (χ2v) is 5.40. The first-order valence-electron chi connectivity index (χ1n) is 7.03. The van der Waals surface area contributed by atoms with E-state index in [0.717, 1.165) is 27.7 Å². The lowest BCUT2D eigenvalue weighted by atomic mass is 10.0. The molecule has 3 aromatic carbocycles. The number of fused-ring (bicyclic) bond motifs is 3. The van der Waals surface area contributed by atoms with Gasteiger partial charge < -0.3 is 10.1 Å². The Morgan fingerprint density at radius 1 is 0.857 bits per heavy atom. The molecule has 0 saturated heterocycles. The van der Waals surface area contributed by atoms with Crippen molar-refractivity contribution in [3.05, 3.63) is 66.2 Å². The molecule has 4 aromatic rings. The van der Waals surface area contributed by atoms with E-state index in [1.807, 2.05) is 25.1 Å². The van der Waals surface area contributed by atoms with Crippen LogP contribution in [0.2, 0.25) is 0 Å². The molecule has 0 amide bonds. The van der Waals surface area contributed by atoms with E-state index >= 15 is 0 Å². The van der Waals surface area contributed by atoms with Gasteiger partial charge in [-0.05, 0) is 36.2 Å². The number of aromatic nitrogens is 1. The van der Waals surface area contributed by atoms with E-state index < -0.39 is 0 Å². The monoisotopic (exact) mass is 273 g/mol. The molecule has 0 aliphatic rings. The fourth-order valence-electron chi connectivity index (χ4n) is 2.94. The SMILES string of the molecule is Cc1cc(-c2cccc3c2[nH]c2ccccc23)ccc1O. The van der Waals surface area contributed by atoms with Crippen molar-refractivity contribution in [2.75, 3.05) is 0 Å². The van der Waals surface area contributed by atoms with E-state index in [1.54, 1.807) is 6.07 Å². The lowest BCUT2D eigenvalue weighted by Gasteiger charge is -2.06. The van der Waals surface area contributed by atoms with Crippen LogP contribution in [0.1, 0.15) is 5.56 Å². The van der Waals surface area contributed by atoms with Crippen molar-refractivity contribution in [1.29, 1.82) is 0 Å². The van der Waals surface area contributed by atoms with Crippen LogP contribution in [0.4, 0.5) is 0 Å². The number of phenolic OH excluding ortho intramolecular Hbond substituents is 1. The lowest BCUT2D eigenvalue weighted by molar-refractivity contribution is 0.471. The van der Waals surface area contributed by atoms with Crippen LogP contribution in [0.15, 0.2) is 60.7 Å². The van der Waals surface area contributed by atoms with Crippen LogP contribution in [0.25, 0.3) is 32.9 Å². The van der Waals surface area contributed by atoms with Gasteiger partial charge in [0.2, 0.25) is 0 Å². The molecule has 0 aliphatic heterocycles. The Morgan fingerprint density at radius 3 is 2.52 bits per heavy atom. The number of phenols is 1. The van der Waals surface area contributed by atoms with Gasteiger partial charge in [0.1, 0.15) is 5.75 Å². The highest BCUT2D eigenvalue weighted by atomic mass is 16.3. The number of hydrogen-bond acceptors (Lipinski definition) is 1. The van der Waals surface area contributed by atoms with Crippen molar-refractivity contribution in [2.45, 2.75) is 6.92 Å². The highest BCUT2D eigenvalue weighted by Gasteiger charge is 2.09. The fourth-order valence-corrected chi connectivity index (χ4v) is 2.94. The molecule has 2 heteroatoms. The molecule has 0 radical (unpaired) electrons. The predicted molar refractivity (Wildman–Crippen MR) is 87.6 cm³/mol. The van der Waals surface area contributed by atoms with Gasteiger partial charge >= 0.3 is 0 Å². The van der Waals surface area contributed by atoms with Crippen molar-refractivity contribution in [3.63, 3.8) is 0 Å². The van der Waals surface area contributed by atoms with Gasteiger partial charge in [-0.2, -0.15) is 0 Å². The van der Waals surface area contributed by atoms with E-state index in [0.29, 0.717) is 5.75 Å². The molecule has 0 atom stereocenters. The highest BCUT2D eigenvalue weighted by Crippen LogP contribution is 2.34. The average Bonchev–Trinajstić information content (AvgIpc) is 2.89. The molecule has 1 heterocycles. The van der Waals surface area contributed by atoms with Gasteiger partial charge in [0.05, 0.1) is 5.52 Å². The Hall–Kier alpha value is -2.74. The maximum Gasteiger partial charge on any atom is 0.118 e. The van der Waals surface area contributed by atoms with Crippen LogP contribution in [-0.2, 0) is 0 Å². The third-order valence-corrected chi connectivity index (χ3v) is 4.05. The third-order valence-electron chi connectivity index (χ3n) is 4.05. The number of nitrogens with one attached hydrogen (secondary N) is 1. The highest BCUT2D eigenvalue weighted by molar-refractivity contribution is 6.11. The molecular formula is C19H15NO. The number of aromatic hydroxyl groups is 1. The topological polar surface area (TPSA) is 36.0 Å². The van der Waals surface area contributed by atoms with Gasteiger partial charge in [-0.1, -0.05) is 42.5 Å². The Labute approximate surface area is 122 Å². The summed E-state index contributed by atoms with van der Waals surface area (Å²) in [4.78, 5) is 3.52. The van der Waals surface area contributed by atoms with Gasteiger partial charge in [0.15, 0.2) is 0 Å². The molecule has 1 aromatic heterocycles. The summed E-state index contributed by atoms with van der Waals surface area (Å²) >= 11 is 0. The molecule has 2 N–H and O–H groups in total. The molecule has 0 spiro atoms. The van der Waals surface area contributed by atoms with Crippen LogP contribution in [0, 0.1) is 6.92 Å². The molecule has 0 bridgehead atoms. The molecule has 0 aliphatic carbocycles. The van der Waals surface area contributed by atoms with Crippen molar-refractivity contribution in [2.24, 2.45) is 0 Å². The minimum atomic E-state index is 0.336. The Balaban J connectivity index is 2.06. The summed E-state index contributed by atoms with van der Waals surface area (Å²) in [7, 11) is 0. The zero-order chi connectivity index (χ0) is 14.4. The van der Waals surface area contributed by atoms with Crippen LogP contribution >= 0.6 is 0 Å². The number of aromatic amines is 1. The summed E-state index contributed by atoms with van der Waals surface area (Å²) in [6.07, 6.45) is 0. The number of benzene rings is 3. The molecule has 102 valence electrons. The minimum Gasteiger partial charge on any atom is -0.508 e. The van der Waals surface area contributed by atoms with Crippen molar-refractivity contribution < 1.29 is 5.11 Å². The summed E-state index contributed by atoms with van der Waals surface area (Å²) < 4.78 is 0. The normalized spacial score (nSPS) is 11.3. The first-order chi connectivity index (χ1) is 10.2. The van der Waals surface area contributed by atoms with Gasteiger partial charge in [0, 0.05) is 21.9 Å². The first-order valence-corrected chi connectivity index (χ1v) is 7.03. The van der Waals surface area contributed by atoms with Gasteiger partial charge in [0.25, 0.3) is 0 Å². The van der Waals surface area contributed by atoms with E-state index in [1.165, 1.54) is 10.8 Å². The largest absolute Gasteiger partial charge is 0.508 e. The smallest absolute Gasteiger partial charge is 0.118 e. The Bertz CT molecular complexity index is 966. The van der Waals surface area contributed by atoms with E-state index in [2.05, 4.69) is 41.4 Å². The second kappa shape index (κ2) is 4.38. The number of rotatable bonds is 1. The average molecular weight is 273 g/mol. The van der Waals surface area contributed by atoms with Crippen LogP contribution in [0.3, 0.4) is 0 Å². The van der Waals surface area contributed by atoms with Gasteiger partial charge in [-0.3, -0.25) is 0 Å². The van der Waals surface area contributed by atoms with Crippen LogP contribution in [-0.4, -0.2) is 10.1 Å². The number of hydrogen-bond donors (Lipinski definition) is 2. The van der Waals surface area contributed by atoms with Crippen molar-refractivity contribution in [1.82, 2.24) is 4.98 Å². The van der Waals surface area contributed by atoms with Crippen molar-refractivity contribution in [3.8, 4) is 16.9 Å². The standard InChI is InChI=1S/C19H15NO/c1-12-11-13(9-10-18(12)21)14-6-4-7-16-15-5-2-3-8-17(15)20-19(14)16/h2-11,20-21H,1H3. The number of H-pyrrole nitrogens is 1. The zero-order valence-corrected chi connectivity index (χ0v) is 11.7. The number of para-hydroxylation sites is 2. The lowest BCUT2D eigenvalue weighted by Crippen LogP contribution is -1.82. The predicted octanol–water partition coefficient (Wildman–Crippen LogP) is 5.00. The Morgan fingerprint density at radius 2 is 1.67 bits per heavy atom. The third kappa shape index (κ3) is 1.80. The fraction of sp³-hybridized carbons (Fsp3) is 0.0526. The van der Waals surface area contributed by atoms with E-state index in [4.69, 9.17) is 0 Å². The van der Waals surface area contributed by atoms with E-state index in [9.17, 15) is 5.11 Å². The molecule has 0 saturated carbocycles. The second-order valence-electron chi connectivity index (χ2n) is 5.40. The Kier molecular flexibility index (Phi) is 2.51. The summed E-state index contributed by atoms with van der Waals surface area (Å²) in [5.74, 6) is 0.336. The van der Waals surface area contributed by atoms with Crippen LogP contribution in [0.5, 0.6) is 5.75 Å². The summed E-state index contributed by atoms with van der Waals surface area (Å²) in [5.41, 5.74) is 5.45. The zero-order valence-electron chi connectivity index (χ0n) is 11.7. The maximum absolute atomic E-state index is 9.71. The van der Waals surface area contributed by atoms with Crippen LogP contribution < -0.4 is 0 Å². The maximum atomic E-state index is 9.71. The molecular weight excluding hydrogens is 258 g/mol. The van der Waals surface area contributed by atoms with Gasteiger partial charge in [-0.15, -0.1) is 0 Å². The summed E-state index contributed by atoms with van der Waals surface area (Å²) in [6.45, 7) is 1.92. The number of aryl methyl sites for hydroxylation is 1. The molecule has 0 unspecified atom stereocenters. The molecule has 21 heavy (non-hydrogen) atoms. The van der Waals surface area contributed by atoms with Crippen molar-refractivity contribution >= 4 is 21.8 Å². The summed E-state index contributed by atoms with van der Waals surface area (Å²) in [5, 5.41) is 12.2. The summed E-state index contributed by atoms with van der Waals surface area (Å²) in [6, 6.07) is 20.4. The van der Waals surface area contributed by atoms with E-state index in [-0.39, 0.29) is 0 Å². The first kappa shape index (κ1) is 12.0. The molecule has 0 fully saturated rings. The minimum absolute atomic E-state index is 0.336. The molecule has 4 rings (SSSR count). The molecule has 2 nitrogen and oxygen atoms in total.